The molecule has 98 valence electrons. The normalized spacial score (nSPS) is 10.4. The van der Waals surface area contributed by atoms with Crippen LogP contribution in [-0.2, 0) is 0 Å². The minimum absolute atomic E-state index is 0.156. The van der Waals surface area contributed by atoms with Crippen LogP contribution in [0.25, 0.3) is 11.2 Å². The monoisotopic (exact) mass is 267 g/mol. The molecule has 0 bridgehead atoms. The number of aromatic nitrogens is 3. The van der Waals surface area contributed by atoms with Crippen molar-refractivity contribution in [3.8, 4) is 11.6 Å². The van der Waals surface area contributed by atoms with Gasteiger partial charge in [-0.15, -0.1) is 0 Å². The van der Waals surface area contributed by atoms with E-state index < -0.39 is 5.97 Å². The molecule has 2 aromatic heterocycles. The molecule has 0 aliphatic rings. The molecule has 0 spiro atoms. The highest BCUT2D eigenvalue weighted by molar-refractivity contribution is 5.88. The van der Waals surface area contributed by atoms with Crippen molar-refractivity contribution in [2.75, 3.05) is 0 Å². The zero-order chi connectivity index (χ0) is 13.9. The molecule has 20 heavy (non-hydrogen) atoms. The van der Waals surface area contributed by atoms with Crippen LogP contribution < -0.4 is 4.74 Å². The largest absolute Gasteiger partial charge is 0.478 e. The summed E-state index contributed by atoms with van der Waals surface area (Å²) >= 11 is 0. The Hall–Kier alpha value is -3.02. The Morgan fingerprint density at radius 3 is 2.80 bits per heavy atom. The molecule has 0 aliphatic heterocycles. The van der Waals surface area contributed by atoms with Gasteiger partial charge in [0.1, 0.15) is 11.3 Å². The highest BCUT2D eigenvalue weighted by atomic mass is 16.5. The Bertz CT molecular complexity index is 789. The van der Waals surface area contributed by atoms with E-state index in [1.807, 2.05) is 0 Å². The third-order valence-electron chi connectivity index (χ3n) is 2.61. The summed E-state index contributed by atoms with van der Waals surface area (Å²) in [4.78, 5) is 23.3. The van der Waals surface area contributed by atoms with E-state index in [-0.39, 0.29) is 5.56 Å². The van der Waals surface area contributed by atoms with Gasteiger partial charge >= 0.3 is 5.97 Å². The van der Waals surface area contributed by atoms with E-state index in [0.717, 1.165) is 0 Å². The maximum atomic E-state index is 10.9. The minimum Gasteiger partial charge on any atom is -0.478 e. The maximum absolute atomic E-state index is 10.9. The third-order valence-corrected chi connectivity index (χ3v) is 2.61. The highest BCUT2D eigenvalue weighted by Gasteiger charge is 2.06. The van der Waals surface area contributed by atoms with E-state index in [1.165, 1.54) is 12.1 Å². The molecule has 0 amide bonds. The number of carbonyl (C=O) groups is 1. The van der Waals surface area contributed by atoms with Crippen molar-refractivity contribution in [2.45, 2.75) is 0 Å². The molecule has 0 fully saturated rings. The average Bonchev–Trinajstić information content (AvgIpc) is 2.47. The summed E-state index contributed by atoms with van der Waals surface area (Å²) in [6.45, 7) is 0. The average molecular weight is 267 g/mol. The summed E-state index contributed by atoms with van der Waals surface area (Å²) in [7, 11) is 0. The molecule has 0 saturated carbocycles. The topological polar surface area (TPSA) is 85.2 Å². The Morgan fingerprint density at radius 2 is 1.95 bits per heavy atom. The van der Waals surface area contributed by atoms with E-state index in [1.54, 1.807) is 36.7 Å². The van der Waals surface area contributed by atoms with Gasteiger partial charge in [0, 0.05) is 18.5 Å². The van der Waals surface area contributed by atoms with E-state index in [2.05, 4.69) is 15.0 Å². The number of aromatic carboxylic acids is 1. The van der Waals surface area contributed by atoms with Crippen LogP contribution >= 0.6 is 0 Å². The summed E-state index contributed by atoms with van der Waals surface area (Å²) in [5.74, 6) is -0.269. The molecule has 6 heteroatoms. The molecule has 1 N–H and O–H groups in total. The zero-order valence-corrected chi connectivity index (χ0v) is 10.2. The Kier molecular flexibility index (Phi) is 2.96. The standard InChI is InChI=1S/C14H9N3O3/c18-14(19)9-2-1-3-10(8-9)20-12-5-4-11-13(17-12)16-7-6-15-11/h1-8H,(H,18,19). The number of nitrogens with zero attached hydrogens (tertiary/aromatic N) is 3. The SMILES string of the molecule is O=C(O)c1cccc(Oc2ccc3nccnc3n2)c1. The fourth-order valence-corrected chi connectivity index (χ4v) is 1.71. The summed E-state index contributed by atoms with van der Waals surface area (Å²) in [6, 6.07) is 9.60. The Balaban J connectivity index is 1.92. The van der Waals surface area contributed by atoms with Crippen molar-refractivity contribution >= 4 is 17.1 Å². The van der Waals surface area contributed by atoms with Crippen molar-refractivity contribution in [2.24, 2.45) is 0 Å². The van der Waals surface area contributed by atoms with Crippen molar-refractivity contribution in [3.05, 3.63) is 54.4 Å². The molecule has 0 saturated heterocycles. The van der Waals surface area contributed by atoms with Crippen LogP contribution in [0.5, 0.6) is 11.6 Å². The maximum Gasteiger partial charge on any atom is 0.335 e. The first-order valence-electron chi connectivity index (χ1n) is 5.81. The first kappa shape index (κ1) is 12.0. The molecule has 0 aliphatic carbocycles. The number of ether oxygens (including phenoxy) is 1. The second kappa shape index (κ2) is 4.93. The predicted molar refractivity (Wildman–Crippen MR) is 70.8 cm³/mol. The highest BCUT2D eigenvalue weighted by Crippen LogP contribution is 2.21. The van der Waals surface area contributed by atoms with Crippen LogP contribution in [0.3, 0.4) is 0 Å². The lowest BCUT2D eigenvalue weighted by Gasteiger charge is -2.05. The molecule has 0 radical (unpaired) electrons. The lowest BCUT2D eigenvalue weighted by molar-refractivity contribution is 0.0696. The summed E-state index contributed by atoms with van der Waals surface area (Å²) in [6.07, 6.45) is 3.13. The minimum atomic E-state index is -1.01. The van der Waals surface area contributed by atoms with Crippen molar-refractivity contribution in [3.63, 3.8) is 0 Å². The number of carboxylic acids is 1. The molecular formula is C14H9N3O3. The molecule has 2 heterocycles. The van der Waals surface area contributed by atoms with Crippen LogP contribution in [0.15, 0.2) is 48.8 Å². The fourth-order valence-electron chi connectivity index (χ4n) is 1.71. The number of fused-ring (bicyclic) bond motifs is 1. The number of benzene rings is 1. The van der Waals surface area contributed by atoms with Gasteiger partial charge < -0.3 is 9.84 Å². The van der Waals surface area contributed by atoms with Gasteiger partial charge in [0.05, 0.1) is 5.56 Å². The lowest BCUT2D eigenvalue weighted by Crippen LogP contribution is -1.97. The Labute approximate surface area is 113 Å². The molecule has 6 nitrogen and oxygen atoms in total. The number of hydrogen-bond acceptors (Lipinski definition) is 5. The molecule has 0 atom stereocenters. The van der Waals surface area contributed by atoms with Crippen molar-refractivity contribution in [1.82, 2.24) is 15.0 Å². The smallest absolute Gasteiger partial charge is 0.335 e. The molecule has 1 aromatic carbocycles. The molecule has 3 aromatic rings. The predicted octanol–water partition coefficient (Wildman–Crippen LogP) is 2.52. The fraction of sp³-hybridized carbons (Fsp3) is 0. The van der Waals surface area contributed by atoms with Crippen LogP contribution in [0, 0.1) is 0 Å². The molecular weight excluding hydrogens is 258 g/mol. The van der Waals surface area contributed by atoms with Gasteiger partial charge in [0.15, 0.2) is 5.65 Å². The van der Waals surface area contributed by atoms with Crippen LogP contribution in [0.4, 0.5) is 0 Å². The van der Waals surface area contributed by atoms with Crippen LogP contribution in [0.2, 0.25) is 0 Å². The van der Waals surface area contributed by atoms with Gasteiger partial charge in [-0.25, -0.2) is 9.78 Å². The number of hydrogen-bond donors (Lipinski definition) is 1. The van der Waals surface area contributed by atoms with E-state index >= 15 is 0 Å². The van der Waals surface area contributed by atoms with Gasteiger partial charge in [0.2, 0.25) is 5.88 Å². The van der Waals surface area contributed by atoms with Gasteiger partial charge in [-0.1, -0.05) is 6.07 Å². The summed E-state index contributed by atoms with van der Waals surface area (Å²) < 4.78 is 5.54. The number of carboxylic acid groups (broad SMARTS) is 1. The first-order chi connectivity index (χ1) is 9.72. The second-order valence-electron chi connectivity index (χ2n) is 3.98. The molecule has 0 unspecified atom stereocenters. The van der Waals surface area contributed by atoms with Crippen molar-refractivity contribution in [1.29, 1.82) is 0 Å². The van der Waals surface area contributed by atoms with E-state index in [0.29, 0.717) is 22.8 Å². The second-order valence-corrected chi connectivity index (χ2v) is 3.98. The summed E-state index contributed by atoms with van der Waals surface area (Å²) in [5.41, 5.74) is 1.29. The zero-order valence-electron chi connectivity index (χ0n) is 10.2. The van der Waals surface area contributed by atoms with E-state index in [9.17, 15) is 4.79 Å². The first-order valence-corrected chi connectivity index (χ1v) is 5.81. The van der Waals surface area contributed by atoms with Gasteiger partial charge in [-0.2, -0.15) is 4.98 Å². The molecule has 3 rings (SSSR count). The summed E-state index contributed by atoms with van der Waals surface area (Å²) in [5, 5.41) is 8.93. The third kappa shape index (κ3) is 2.39. The van der Waals surface area contributed by atoms with E-state index in [4.69, 9.17) is 9.84 Å². The van der Waals surface area contributed by atoms with Gasteiger partial charge in [-0.05, 0) is 24.3 Å². The van der Waals surface area contributed by atoms with Gasteiger partial charge in [0.25, 0.3) is 0 Å². The lowest BCUT2D eigenvalue weighted by atomic mass is 10.2. The number of pyridine rings is 1. The van der Waals surface area contributed by atoms with Crippen LogP contribution in [-0.4, -0.2) is 26.0 Å². The van der Waals surface area contributed by atoms with Crippen molar-refractivity contribution < 1.29 is 14.6 Å². The van der Waals surface area contributed by atoms with Crippen LogP contribution in [0.1, 0.15) is 10.4 Å². The quantitative estimate of drug-likeness (QED) is 0.784. The van der Waals surface area contributed by atoms with Gasteiger partial charge in [-0.3, -0.25) is 4.98 Å². The number of rotatable bonds is 3. The Morgan fingerprint density at radius 1 is 1.10 bits per heavy atom.